The van der Waals surface area contributed by atoms with Gasteiger partial charge in [-0.15, -0.1) is 21.5 Å². The highest BCUT2D eigenvalue weighted by atomic mass is 32.1. The second kappa shape index (κ2) is 5.97. The third-order valence-electron chi connectivity index (χ3n) is 2.64. The standard InChI is InChI=1S/C12H17N3O2S/c1-4-8(13-5-2)11-14-15-12(17-11)10-9(16-3)6-7-18-10/h6-8,13H,4-5H2,1-3H3. The molecule has 18 heavy (non-hydrogen) atoms. The summed E-state index contributed by atoms with van der Waals surface area (Å²) in [7, 11) is 1.64. The Morgan fingerprint density at radius 3 is 2.94 bits per heavy atom. The summed E-state index contributed by atoms with van der Waals surface area (Å²) in [5.74, 6) is 1.92. The Morgan fingerprint density at radius 2 is 2.28 bits per heavy atom. The van der Waals surface area contributed by atoms with E-state index >= 15 is 0 Å². The second-order valence-corrected chi connectivity index (χ2v) is 4.70. The first kappa shape index (κ1) is 13.0. The third-order valence-corrected chi connectivity index (χ3v) is 3.52. The number of nitrogens with zero attached hydrogens (tertiary/aromatic N) is 2. The van der Waals surface area contributed by atoms with E-state index in [1.165, 1.54) is 11.3 Å². The van der Waals surface area contributed by atoms with E-state index in [9.17, 15) is 0 Å². The summed E-state index contributed by atoms with van der Waals surface area (Å²) in [5, 5.41) is 13.5. The zero-order valence-corrected chi connectivity index (χ0v) is 11.6. The van der Waals surface area contributed by atoms with E-state index in [1.54, 1.807) is 7.11 Å². The molecule has 0 amide bonds. The molecule has 0 radical (unpaired) electrons. The fourth-order valence-electron chi connectivity index (χ4n) is 1.73. The van der Waals surface area contributed by atoms with Gasteiger partial charge in [-0.1, -0.05) is 13.8 Å². The van der Waals surface area contributed by atoms with Crippen molar-refractivity contribution in [1.82, 2.24) is 15.5 Å². The minimum Gasteiger partial charge on any atom is -0.495 e. The van der Waals surface area contributed by atoms with Gasteiger partial charge in [-0.2, -0.15) is 0 Å². The van der Waals surface area contributed by atoms with Crippen molar-refractivity contribution < 1.29 is 9.15 Å². The molecule has 0 saturated carbocycles. The molecule has 0 aromatic carbocycles. The van der Waals surface area contributed by atoms with Crippen LogP contribution >= 0.6 is 11.3 Å². The maximum Gasteiger partial charge on any atom is 0.261 e. The Labute approximate surface area is 110 Å². The summed E-state index contributed by atoms with van der Waals surface area (Å²) in [5.41, 5.74) is 0. The number of hydrogen-bond donors (Lipinski definition) is 1. The van der Waals surface area contributed by atoms with Gasteiger partial charge in [-0.05, 0) is 24.4 Å². The van der Waals surface area contributed by atoms with Crippen molar-refractivity contribution in [2.45, 2.75) is 26.3 Å². The molecule has 0 aliphatic carbocycles. The van der Waals surface area contributed by atoms with Gasteiger partial charge >= 0.3 is 0 Å². The average molecular weight is 267 g/mol. The van der Waals surface area contributed by atoms with Crippen molar-refractivity contribution in [1.29, 1.82) is 0 Å². The number of hydrogen-bond acceptors (Lipinski definition) is 6. The Kier molecular flexibility index (Phi) is 4.33. The molecular weight excluding hydrogens is 250 g/mol. The SMILES string of the molecule is CCNC(CC)c1nnc(-c2sccc2OC)o1. The van der Waals surface area contributed by atoms with Crippen LogP contribution < -0.4 is 10.1 Å². The summed E-state index contributed by atoms with van der Waals surface area (Å²) >= 11 is 1.53. The number of nitrogens with one attached hydrogen (secondary N) is 1. The van der Waals surface area contributed by atoms with Crippen LogP contribution in [0, 0.1) is 0 Å². The summed E-state index contributed by atoms with van der Waals surface area (Å²) in [6.45, 7) is 5.02. The van der Waals surface area contributed by atoms with Gasteiger partial charge in [-0.3, -0.25) is 0 Å². The van der Waals surface area contributed by atoms with Crippen molar-refractivity contribution in [3.8, 4) is 16.5 Å². The summed E-state index contributed by atoms with van der Waals surface area (Å²) in [6.07, 6.45) is 0.914. The summed E-state index contributed by atoms with van der Waals surface area (Å²) in [4.78, 5) is 0.877. The van der Waals surface area contributed by atoms with Crippen molar-refractivity contribution in [3.05, 3.63) is 17.3 Å². The van der Waals surface area contributed by atoms with Crippen molar-refractivity contribution in [3.63, 3.8) is 0 Å². The molecule has 0 bridgehead atoms. The van der Waals surface area contributed by atoms with E-state index in [4.69, 9.17) is 9.15 Å². The number of thiophene rings is 1. The number of aromatic nitrogens is 2. The van der Waals surface area contributed by atoms with Crippen LogP contribution in [0.25, 0.3) is 10.8 Å². The Morgan fingerprint density at radius 1 is 1.44 bits per heavy atom. The van der Waals surface area contributed by atoms with E-state index in [1.807, 2.05) is 11.4 Å². The van der Waals surface area contributed by atoms with Gasteiger partial charge in [-0.25, -0.2) is 0 Å². The predicted molar refractivity (Wildman–Crippen MR) is 70.9 cm³/mol. The molecule has 0 aliphatic heterocycles. The van der Waals surface area contributed by atoms with Gasteiger partial charge in [0.25, 0.3) is 5.89 Å². The van der Waals surface area contributed by atoms with E-state index in [0.29, 0.717) is 11.8 Å². The zero-order chi connectivity index (χ0) is 13.0. The molecule has 2 aromatic rings. The molecule has 1 unspecified atom stereocenters. The molecule has 0 fully saturated rings. The van der Waals surface area contributed by atoms with Crippen molar-refractivity contribution in [2.24, 2.45) is 0 Å². The number of ether oxygens (including phenoxy) is 1. The van der Waals surface area contributed by atoms with Gasteiger partial charge in [0.2, 0.25) is 5.89 Å². The first-order chi connectivity index (χ1) is 8.80. The van der Waals surface area contributed by atoms with Crippen molar-refractivity contribution in [2.75, 3.05) is 13.7 Å². The first-order valence-corrected chi connectivity index (χ1v) is 6.86. The van der Waals surface area contributed by atoms with Crippen LogP contribution in [0.4, 0.5) is 0 Å². The maximum absolute atomic E-state index is 5.72. The molecule has 6 heteroatoms. The van der Waals surface area contributed by atoms with Crippen LogP contribution in [0.1, 0.15) is 32.2 Å². The first-order valence-electron chi connectivity index (χ1n) is 5.98. The lowest BCUT2D eigenvalue weighted by molar-refractivity contribution is 0.397. The van der Waals surface area contributed by atoms with Crippen LogP contribution in [0.3, 0.4) is 0 Å². The fourth-order valence-corrected chi connectivity index (χ4v) is 2.51. The maximum atomic E-state index is 5.72. The average Bonchev–Trinajstić information content (AvgIpc) is 3.03. The lowest BCUT2D eigenvalue weighted by atomic mass is 10.2. The van der Waals surface area contributed by atoms with Gasteiger partial charge in [0, 0.05) is 0 Å². The van der Waals surface area contributed by atoms with Gasteiger partial charge in [0.05, 0.1) is 13.2 Å². The summed E-state index contributed by atoms with van der Waals surface area (Å²) < 4.78 is 11.0. The van der Waals surface area contributed by atoms with E-state index < -0.39 is 0 Å². The highest BCUT2D eigenvalue weighted by molar-refractivity contribution is 7.13. The van der Waals surface area contributed by atoms with Gasteiger partial charge < -0.3 is 14.5 Å². The molecule has 5 nitrogen and oxygen atoms in total. The van der Waals surface area contributed by atoms with E-state index in [0.717, 1.165) is 23.6 Å². The Bertz CT molecular complexity index is 495. The topological polar surface area (TPSA) is 60.2 Å². The quantitative estimate of drug-likeness (QED) is 0.872. The molecule has 2 aromatic heterocycles. The monoisotopic (exact) mass is 267 g/mol. The molecule has 2 heterocycles. The molecule has 0 spiro atoms. The van der Waals surface area contributed by atoms with Crippen molar-refractivity contribution >= 4 is 11.3 Å². The second-order valence-electron chi connectivity index (χ2n) is 3.78. The number of methoxy groups -OCH3 is 1. The molecule has 0 saturated heterocycles. The Hall–Kier alpha value is -1.40. The van der Waals surface area contributed by atoms with Gasteiger partial charge in [0.1, 0.15) is 10.6 Å². The van der Waals surface area contributed by atoms with Crippen LogP contribution in [0.5, 0.6) is 5.75 Å². The minimum atomic E-state index is 0.113. The molecular formula is C12H17N3O2S. The lowest BCUT2D eigenvalue weighted by Crippen LogP contribution is -2.20. The Balaban J connectivity index is 2.24. The highest BCUT2D eigenvalue weighted by Gasteiger charge is 2.19. The molecule has 98 valence electrons. The van der Waals surface area contributed by atoms with Crippen LogP contribution in [0.15, 0.2) is 15.9 Å². The van der Waals surface area contributed by atoms with E-state index in [-0.39, 0.29) is 6.04 Å². The van der Waals surface area contributed by atoms with Gasteiger partial charge in [0.15, 0.2) is 0 Å². The molecule has 2 rings (SSSR count). The predicted octanol–water partition coefficient (Wildman–Crippen LogP) is 2.87. The molecule has 0 aliphatic rings. The van der Waals surface area contributed by atoms with Crippen LogP contribution in [-0.2, 0) is 0 Å². The van der Waals surface area contributed by atoms with E-state index in [2.05, 4.69) is 29.4 Å². The smallest absolute Gasteiger partial charge is 0.261 e. The third kappa shape index (κ3) is 2.54. The molecule has 1 atom stereocenters. The fraction of sp³-hybridized carbons (Fsp3) is 0.500. The highest BCUT2D eigenvalue weighted by Crippen LogP contribution is 2.35. The largest absolute Gasteiger partial charge is 0.495 e. The van der Waals surface area contributed by atoms with Crippen LogP contribution in [-0.4, -0.2) is 23.9 Å². The lowest BCUT2D eigenvalue weighted by Gasteiger charge is -2.09. The zero-order valence-electron chi connectivity index (χ0n) is 10.8. The number of rotatable bonds is 6. The van der Waals surface area contributed by atoms with Crippen LogP contribution in [0.2, 0.25) is 0 Å². The normalized spacial score (nSPS) is 12.6. The molecule has 1 N–H and O–H groups in total. The minimum absolute atomic E-state index is 0.113. The summed E-state index contributed by atoms with van der Waals surface area (Å²) in [6, 6.07) is 2.01.